The molecule has 0 fully saturated rings. The smallest absolute Gasteiger partial charge is 0.234 e. The van der Waals surface area contributed by atoms with Gasteiger partial charge >= 0.3 is 0 Å². The van der Waals surface area contributed by atoms with Crippen LogP contribution in [0.15, 0.2) is 46.8 Å². The van der Waals surface area contributed by atoms with E-state index in [0.29, 0.717) is 20.2 Å². The number of nitrogens with one attached hydrogen (secondary N) is 2. The fraction of sp³-hybridized carbons (Fsp3) is 0.167. The van der Waals surface area contributed by atoms with Gasteiger partial charge in [0.25, 0.3) is 0 Å². The molecule has 2 aromatic carbocycles. The fourth-order valence-electron chi connectivity index (χ4n) is 2.18. The Labute approximate surface area is 170 Å². The zero-order valence-electron chi connectivity index (χ0n) is 14.7. The molecule has 0 aliphatic carbocycles. The maximum atomic E-state index is 12.1. The molecular weight excluding hydrogens is 404 g/mol. The van der Waals surface area contributed by atoms with Gasteiger partial charge in [-0.25, -0.2) is 0 Å². The van der Waals surface area contributed by atoms with E-state index in [1.807, 2.05) is 43.3 Å². The molecule has 9 heteroatoms. The van der Waals surface area contributed by atoms with Crippen molar-refractivity contribution in [1.82, 2.24) is 10.2 Å². The molecule has 0 saturated carbocycles. The van der Waals surface area contributed by atoms with E-state index in [1.165, 1.54) is 23.1 Å². The SMILES string of the molecule is COc1ccccc1Nc1nnc(SCC(=O)Nc2ccc(C)c(Cl)c2)s1. The number of halogens is 1. The molecule has 0 saturated heterocycles. The van der Waals surface area contributed by atoms with Crippen LogP contribution in [-0.2, 0) is 4.79 Å². The first-order chi connectivity index (χ1) is 13.0. The molecule has 27 heavy (non-hydrogen) atoms. The van der Waals surface area contributed by atoms with Gasteiger partial charge in [-0.2, -0.15) is 0 Å². The van der Waals surface area contributed by atoms with Crippen LogP contribution in [0, 0.1) is 6.92 Å². The van der Waals surface area contributed by atoms with Crippen LogP contribution in [0.1, 0.15) is 5.56 Å². The number of carbonyl (C=O) groups is 1. The quantitative estimate of drug-likeness (QED) is 0.525. The number of anilines is 3. The second kappa shape index (κ2) is 9.07. The average molecular weight is 421 g/mol. The second-order valence-corrected chi connectivity index (χ2v) is 8.11. The lowest BCUT2D eigenvalue weighted by Gasteiger charge is -2.07. The van der Waals surface area contributed by atoms with Crippen LogP contribution in [0.4, 0.5) is 16.5 Å². The Hall–Kier alpha value is -2.29. The van der Waals surface area contributed by atoms with Gasteiger partial charge in [-0.3, -0.25) is 4.79 Å². The van der Waals surface area contributed by atoms with Crippen molar-refractivity contribution in [1.29, 1.82) is 0 Å². The van der Waals surface area contributed by atoms with Gasteiger partial charge in [0.05, 0.1) is 18.6 Å². The molecule has 0 bridgehead atoms. The number of nitrogens with zero attached hydrogens (tertiary/aromatic N) is 2. The summed E-state index contributed by atoms with van der Waals surface area (Å²) in [4.78, 5) is 12.1. The third kappa shape index (κ3) is 5.35. The molecule has 0 aliphatic rings. The number of amides is 1. The molecule has 140 valence electrons. The Kier molecular flexibility index (Phi) is 6.54. The minimum atomic E-state index is -0.130. The summed E-state index contributed by atoms with van der Waals surface area (Å²) in [5, 5.41) is 15.5. The minimum Gasteiger partial charge on any atom is -0.495 e. The van der Waals surface area contributed by atoms with E-state index < -0.39 is 0 Å². The van der Waals surface area contributed by atoms with Gasteiger partial charge in [0.1, 0.15) is 5.75 Å². The summed E-state index contributed by atoms with van der Waals surface area (Å²) in [6.07, 6.45) is 0. The van der Waals surface area contributed by atoms with Crippen molar-refractivity contribution in [2.75, 3.05) is 23.5 Å². The van der Waals surface area contributed by atoms with Crippen molar-refractivity contribution < 1.29 is 9.53 Å². The van der Waals surface area contributed by atoms with Crippen molar-refractivity contribution in [2.45, 2.75) is 11.3 Å². The Morgan fingerprint density at radius 3 is 2.85 bits per heavy atom. The molecule has 0 unspecified atom stereocenters. The van der Waals surface area contributed by atoms with E-state index in [9.17, 15) is 4.79 Å². The molecule has 6 nitrogen and oxygen atoms in total. The van der Waals surface area contributed by atoms with Gasteiger partial charge in [-0.1, -0.05) is 52.9 Å². The number of hydrogen-bond donors (Lipinski definition) is 2. The normalized spacial score (nSPS) is 10.5. The van der Waals surface area contributed by atoms with Crippen LogP contribution in [-0.4, -0.2) is 29.0 Å². The predicted octanol–water partition coefficient (Wildman–Crippen LogP) is 4.98. The fourth-order valence-corrected chi connectivity index (χ4v) is 3.92. The molecule has 0 aliphatic heterocycles. The van der Waals surface area contributed by atoms with Crippen molar-refractivity contribution in [3.63, 3.8) is 0 Å². The van der Waals surface area contributed by atoms with Gasteiger partial charge in [0.15, 0.2) is 4.34 Å². The summed E-state index contributed by atoms with van der Waals surface area (Å²) >= 11 is 8.77. The number of thioether (sulfide) groups is 1. The van der Waals surface area contributed by atoms with E-state index in [1.54, 1.807) is 13.2 Å². The topological polar surface area (TPSA) is 76.1 Å². The summed E-state index contributed by atoms with van der Waals surface area (Å²) in [6.45, 7) is 1.91. The summed E-state index contributed by atoms with van der Waals surface area (Å²) < 4.78 is 6.00. The molecular formula is C18H17ClN4O2S2. The largest absolute Gasteiger partial charge is 0.495 e. The van der Waals surface area contributed by atoms with E-state index in [-0.39, 0.29) is 11.7 Å². The van der Waals surface area contributed by atoms with Crippen molar-refractivity contribution in [2.24, 2.45) is 0 Å². The van der Waals surface area contributed by atoms with E-state index in [4.69, 9.17) is 16.3 Å². The number of aromatic nitrogens is 2. The molecule has 3 rings (SSSR count). The highest BCUT2D eigenvalue weighted by Gasteiger charge is 2.10. The number of methoxy groups -OCH3 is 1. The van der Waals surface area contributed by atoms with Gasteiger partial charge in [-0.15, -0.1) is 10.2 Å². The number of ether oxygens (including phenoxy) is 1. The lowest BCUT2D eigenvalue weighted by molar-refractivity contribution is -0.113. The monoisotopic (exact) mass is 420 g/mol. The van der Waals surface area contributed by atoms with Crippen LogP contribution >= 0.6 is 34.7 Å². The van der Waals surface area contributed by atoms with Crippen LogP contribution in [0.5, 0.6) is 5.75 Å². The first-order valence-electron chi connectivity index (χ1n) is 7.97. The molecule has 3 aromatic rings. The molecule has 0 atom stereocenters. The summed E-state index contributed by atoms with van der Waals surface area (Å²) in [7, 11) is 1.61. The van der Waals surface area contributed by atoms with Crippen LogP contribution in [0.3, 0.4) is 0 Å². The molecule has 2 N–H and O–H groups in total. The molecule has 1 amide bonds. The summed E-state index contributed by atoms with van der Waals surface area (Å²) in [5.74, 6) is 0.821. The zero-order chi connectivity index (χ0) is 19.2. The second-order valence-electron chi connectivity index (χ2n) is 5.50. The highest BCUT2D eigenvalue weighted by atomic mass is 35.5. The third-order valence-electron chi connectivity index (χ3n) is 3.54. The number of aryl methyl sites for hydroxylation is 1. The average Bonchev–Trinajstić information content (AvgIpc) is 3.11. The van der Waals surface area contributed by atoms with Gasteiger partial charge in [0, 0.05) is 10.7 Å². The maximum Gasteiger partial charge on any atom is 0.234 e. The molecule has 0 radical (unpaired) electrons. The maximum absolute atomic E-state index is 12.1. The highest BCUT2D eigenvalue weighted by Crippen LogP contribution is 2.31. The first kappa shape index (κ1) is 19.5. The predicted molar refractivity (Wildman–Crippen MR) is 112 cm³/mol. The lowest BCUT2D eigenvalue weighted by atomic mass is 10.2. The van der Waals surface area contributed by atoms with Gasteiger partial charge in [-0.05, 0) is 36.8 Å². The van der Waals surface area contributed by atoms with E-state index in [2.05, 4.69) is 20.8 Å². The van der Waals surface area contributed by atoms with Crippen LogP contribution < -0.4 is 15.4 Å². The van der Waals surface area contributed by atoms with E-state index in [0.717, 1.165) is 17.0 Å². The molecule has 1 aromatic heterocycles. The van der Waals surface area contributed by atoms with Crippen molar-refractivity contribution >= 4 is 57.1 Å². The number of hydrogen-bond acceptors (Lipinski definition) is 7. The van der Waals surface area contributed by atoms with Crippen molar-refractivity contribution in [3.05, 3.63) is 53.1 Å². The van der Waals surface area contributed by atoms with E-state index >= 15 is 0 Å². The highest BCUT2D eigenvalue weighted by molar-refractivity contribution is 8.01. The number of carbonyl (C=O) groups excluding carboxylic acids is 1. The number of benzene rings is 2. The molecule has 0 spiro atoms. The van der Waals surface area contributed by atoms with Gasteiger partial charge < -0.3 is 15.4 Å². The zero-order valence-corrected chi connectivity index (χ0v) is 17.0. The van der Waals surface area contributed by atoms with Crippen LogP contribution in [0.25, 0.3) is 0 Å². The van der Waals surface area contributed by atoms with Crippen LogP contribution in [0.2, 0.25) is 5.02 Å². The first-order valence-corrected chi connectivity index (χ1v) is 10.2. The summed E-state index contributed by atoms with van der Waals surface area (Å²) in [5.41, 5.74) is 2.45. The standard InChI is InChI=1S/C18H17ClN4O2S2/c1-11-7-8-12(9-13(11)19)20-16(24)10-26-18-23-22-17(27-18)21-14-5-3-4-6-15(14)25-2/h3-9H,10H2,1-2H3,(H,20,24)(H,21,22). The third-order valence-corrected chi connectivity index (χ3v) is 5.92. The lowest BCUT2D eigenvalue weighted by Crippen LogP contribution is -2.13. The Morgan fingerprint density at radius 1 is 1.26 bits per heavy atom. The van der Waals surface area contributed by atoms with Gasteiger partial charge in [0.2, 0.25) is 11.0 Å². The molecule has 1 heterocycles. The Balaban J connectivity index is 1.54. The Bertz CT molecular complexity index is 949. The minimum absolute atomic E-state index is 0.130. The Morgan fingerprint density at radius 2 is 2.07 bits per heavy atom. The number of para-hydroxylation sites is 2. The van der Waals surface area contributed by atoms with Crippen molar-refractivity contribution in [3.8, 4) is 5.75 Å². The summed E-state index contributed by atoms with van der Waals surface area (Å²) in [6, 6.07) is 13.0. The number of rotatable bonds is 7.